The summed E-state index contributed by atoms with van der Waals surface area (Å²) in [5, 5.41) is 3.42. The van der Waals surface area contributed by atoms with Crippen LogP contribution in [0.25, 0.3) is 0 Å². The van der Waals surface area contributed by atoms with Crippen LogP contribution in [0.3, 0.4) is 0 Å². The first-order valence-corrected chi connectivity index (χ1v) is 6.49. The van der Waals surface area contributed by atoms with E-state index in [9.17, 15) is 0 Å². The van der Waals surface area contributed by atoms with Gasteiger partial charge in [0.1, 0.15) is 0 Å². The van der Waals surface area contributed by atoms with E-state index in [4.69, 9.17) is 11.6 Å². The molecule has 16 heavy (non-hydrogen) atoms. The molecule has 0 radical (unpaired) electrons. The van der Waals surface area contributed by atoms with Crippen LogP contribution in [-0.4, -0.2) is 11.1 Å². The Labute approximate surface area is 105 Å². The van der Waals surface area contributed by atoms with Gasteiger partial charge in [0.25, 0.3) is 0 Å². The fourth-order valence-corrected chi connectivity index (χ4v) is 2.68. The first-order chi connectivity index (χ1) is 7.74. The molecule has 2 nitrogen and oxygen atoms in total. The highest BCUT2D eigenvalue weighted by Gasteiger charge is 1.98. The Bertz CT molecular complexity index is 405. The third-order valence-corrected chi connectivity index (χ3v) is 3.69. The lowest BCUT2D eigenvalue weighted by Gasteiger charge is -2.01. The Morgan fingerprint density at radius 3 is 2.88 bits per heavy atom. The zero-order valence-corrected chi connectivity index (χ0v) is 10.8. The van der Waals surface area contributed by atoms with E-state index in [1.165, 1.54) is 10.4 Å². The van der Waals surface area contributed by atoms with Crippen LogP contribution < -0.4 is 5.32 Å². The van der Waals surface area contributed by atoms with Gasteiger partial charge in [-0.15, -0.1) is 11.3 Å². The molecule has 1 N–H and O–H groups in total. The largest absolute Gasteiger partial charge is 0.357 e. The van der Waals surface area contributed by atoms with Crippen molar-refractivity contribution in [1.82, 2.24) is 9.88 Å². The molecule has 0 atom stereocenters. The van der Waals surface area contributed by atoms with Crippen molar-refractivity contribution >= 4 is 22.9 Å². The van der Waals surface area contributed by atoms with Gasteiger partial charge in [-0.2, -0.15) is 0 Å². The minimum atomic E-state index is 0.873. The van der Waals surface area contributed by atoms with Gasteiger partial charge in [-0.1, -0.05) is 11.6 Å². The molecule has 2 heterocycles. The third kappa shape index (κ3) is 3.37. The van der Waals surface area contributed by atoms with Gasteiger partial charge < -0.3 is 9.88 Å². The average Bonchev–Trinajstić information content (AvgIpc) is 2.83. The van der Waals surface area contributed by atoms with E-state index in [1.807, 2.05) is 13.1 Å². The molecule has 4 heteroatoms. The second-order valence-corrected chi connectivity index (χ2v) is 5.62. The zero-order chi connectivity index (χ0) is 11.4. The molecule has 0 unspecified atom stereocenters. The van der Waals surface area contributed by atoms with Gasteiger partial charge in [-0.05, 0) is 30.2 Å². The maximum absolute atomic E-state index is 5.87. The Morgan fingerprint density at radius 2 is 2.25 bits per heavy atom. The first-order valence-electron chi connectivity index (χ1n) is 5.30. The number of hydrogen-bond donors (Lipinski definition) is 1. The van der Waals surface area contributed by atoms with Gasteiger partial charge in [0.05, 0.1) is 4.34 Å². The lowest BCUT2D eigenvalue weighted by Crippen LogP contribution is -2.15. The van der Waals surface area contributed by atoms with Crippen LogP contribution in [0.15, 0.2) is 30.6 Å². The summed E-state index contributed by atoms with van der Waals surface area (Å²) in [6, 6.07) is 6.19. The smallest absolute Gasteiger partial charge is 0.0931 e. The van der Waals surface area contributed by atoms with Crippen LogP contribution in [0, 0.1) is 0 Å². The topological polar surface area (TPSA) is 17.0 Å². The van der Waals surface area contributed by atoms with Crippen molar-refractivity contribution in [1.29, 1.82) is 0 Å². The van der Waals surface area contributed by atoms with Crippen LogP contribution in [0.5, 0.6) is 0 Å². The number of aryl methyl sites for hydroxylation is 1. The maximum atomic E-state index is 5.87. The highest BCUT2D eigenvalue weighted by molar-refractivity contribution is 7.16. The third-order valence-electron chi connectivity index (χ3n) is 2.40. The average molecular weight is 255 g/mol. The minimum Gasteiger partial charge on any atom is -0.357 e. The molecule has 2 aromatic heterocycles. The standard InChI is InChI=1S/C12H15ClN2S/c1-15-7-5-10(9-15)8-14-6-4-11-2-3-12(13)16-11/h2-3,5,7,9,14H,4,6,8H2,1H3. The Morgan fingerprint density at radius 1 is 1.38 bits per heavy atom. The lowest BCUT2D eigenvalue weighted by molar-refractivity contribution is 0.689. The number of halogens is 1. The van der Waals surface area contributed by atoms with Gasteiger partial charge in [0, 0.05) is 37.4 Å². The summed E-state index contributed by atoms with van der Waals surface area (Å²) in [4.78, 5) is 1.34. The lowest BCUT2D eigenvalue weighted by atomic mass is 10.3. The molecule has 0 amide bonds. The van der Waals surface area contributed by atoms with Crippen LogP contribution >= 0.6 is 22.9 Å². The molecule has 0 fully saturated rings. The molecule has 0 saturated heterocycles. The van der Waals surface area contributed by atoms with Crippen LogP contribution in [0.4, 0.5) is 0 Å². The summed E-state index contributed by atoms with van der Waals surface area (Å²) in [6.07, 6.45) is 5.25. The fraction of sp³-hybridized carbons (Fsp3) is 0.333. The molecule has 0 aliphatic carbocycles. The van der Waals surface area contributed by atoms with E-state index in [-0.39, 0.29) is 0 Å². The molecule has 2 rings (SSSR count). The second-order valence-electron chi connectivity index (χ2n) is 3.82. The van der Waals surface area contributed by atoms with E-state index in [0.29, 0.717) is 0 Å². The number of rotatable bonds is 5. The van der Waals surface area contributed by atoms with Crippen LogP contribution in [0.1, 0.15) is 10.4 Å². The second kappa shape index (κ2) is 5.53. The predicted octanol–water partition coefficient (Wildman–Crippen LogP) is 3.07. The quantitative estimate of drug-likeness (QED) is 0.812. The molecular formula is C12H15ClN2S. The predicted molar refractivity (Wildman–Crippen MR) is 70.2 cm³/mol. The van der Waals surface area contributed by atoms with E-state index in [1.54, 1.807) is 11.3 Å². The van der Waals surface area contributed by atoms with Gasteiger partial charge >= 0.3 is 0 Å². The summed E-state index contributed by atoms with van der Waals surface area (Å²) in [7, 11) is 2.04. The number of aromatic nitrogens is 1. The van der Waals surface area contributed by atoms with Gasteiger partial charge in [-0.25, -0.2) is 0 Å². The number of thiophene rings is 1. The first kappa shape index (κ1) is 11.7. The van der Waals surface area contributed by atoms with Crippen LogP contribution in [-0.2, 0) is 20.0 Å². The van der Waals surface area contributed by atoms with Gasteiger partial charge in [0.15, 0.2) is 0 Å². The summed E-state index contributed by atoms with van der Waals surface area (Å²) < 4.78 is 2.94. The normalized spacial score (nSPS) is 10.9. The molecule has 0 aliphatic rings. The van der Waals surface area contributed by atoms with Crippen molar-refractivity contribution in [3.05, 3.63) is 45.4 Å². The Balaban J connectivity index is 1.69. The number of hydrogen-bond acceptors (Lipinski definition) is 2. The van der Waals surface area contributed by atoms with E-state index >= 15 is 0 Å². The summed E-state index contributed by atoms with van der Waals surface area (Å²) in [5.41, 5.74) is 1.33. The van der Waals surface area contributed by atoms with Gasteiger partial charge in [0.2, 0.25) is 0 Å². The van der Waals surface area contributed by atoms with Crippen molar-refractivity contribution in [3.8, 4) is 0 Å². The molecular weight excluding hydrogens is 240 g/mol. The molecule has 0 saturated carbocycles. The van der Waals surface area contributed by atoms with Crippen molar-refractivity contribution < 1.29 is 0 Å². The summed E-state index contributed by atoms with van der Waals surface area (Å²) >= 11 is 7.53. The SMILES string of the molecule is Cn1ccc(CNCCc2ccc(Cl)s2)c1. The molecule has 0 bridgehead atoms. The van der Waals surface area contributed by atoms with Crippen LogP contribution in [0.2, 0.25) is 4.34 Å². The zero-order valence-electron chi connectivity index (χ0n) is 9.24. The number of nitrogens with one attached hydrogen (secondary N) is 1. The van der Waals surface area contributed by atoms with Crippen molar-refractivity contribution in [2.24, 2.45) is 7.05 Å². The van der Waals surface area contributed by atoms with E-state index in [2.05, 4.69) is 34.4 Å². The fourth-order valence-electron chi connectivity index (χ4n) is 1.60. The maximum Gasteiger partial charge on any atom is 0.0931 e. The van der Waals surface area contributed by atoms with Gasteiger partial charge in [-0.3, -0.25) is 0 Å². The summed E-state index contributed by atoms with van der Waals surface area (Å²) in [5.74, 6) is 0. The molecule has 0 aliphatic heterocycles. The molecule has 86 valence electrons. The summed E-state index contributed by atoms with van der Waals surface area (Å²) in [6.45, 7) is 1.92. The van der Waals surface area contributed by atoms with E-state index in [0.717, 1.165) is 23.8 Å². The molecule has 0 aromatic carbocycles. The highest BCUT2D eigenvalue weighted by Crippen LogP contribution is 2.21. The molecule has 0 spiro atoms. The minimum absolute atomic E-state index is 0.873. The number of nitrogens with zero attached hydrogens (tertiary/aromatic N) is 1. The highest BCUT2D eigenvalue weighted by atomic mass is 35.5. The molecule has 2 aromatic rings. The van der Waals surface area contributed by atoms with Crippen molar-refractivity contribution in [2.45, 2.75) is 13.0 Å². The Hall–Kier alpha value is -0.770. The Kier molecular flexibility index (Phi) is 4.04. The van der Waals surface area contributed by atoms with E-state index < -0.39 is 0 Å². The van der Waals surface area contributed by atoms with Crippen molar-refractivity contribution in [3.63, 3.8) is 0 Å². The monoisotopic (exact) mass is 254 g/mol. The van der Waals surface area contributed by atoms with Crippen molar-refractivity contribution in [2.75, 3.05) is 6.54 Å².